The predicted octanol–water partition coefficient (Wildman–Crippen LogP) is -1.11. The molecule has 0 heterocycles. The number of nitrogens with one attached hydrogen (secondary N) is 3. The number of carbonyl (C=O) groups excluding carboxylic acids is 6. The maximum atomic E-state index is 12.5. The van der Waals surface area contributed by atoms with Gasteiger partial charge in [0.15, 0.2) is 0 Å². The van der Waals surface area contributed by atoms with E-state index in [0.29, 0.717) is 25.2 Å². The summed E-state index contributed by atoms with van der Waals surface area (Å²) in [6.07, 6.45) is 0.888. The van der Waals surface area contributed by atoms with Crippen LogP contribution in [0.3, 0.4) is 0 Å². The third-order valence-corrected chi connectivity index (χ3v) is 7.54. The van der Waals surface area contributed by atoms with Gasteiger partial charge in [-0.3, -0.25) is 28.8 Å². The molecule has 0 aliphatic rings. The highest BCUT2D eigenvalue weighted by Gasteiger charge is 2.26. The molecule has 0 bridgehead atoms. The first-order valence-electron chi connectivity index (χ1n) is 15.0. The van der Waals surface area contributed by atoms with Crippen molar-refractivity contribution in [1.29, 1.82) is 0 Å². The summed E-state index contributed by atoms with van der Waals surface area (Å²) in [5.74, 6) is -2.64. The summed E-state index contributed by atoms with van der Waals surface area (Å²) >= 11 is 1.25. The van der Waals surface area contributed by atoms with Crippen molar-refractivity contribution >= 4 is 47.3 Å². The summed E-state index contributed by atoms with van der Waals surface area (Å²) in [6.45, 7) is 9.84. The molecule has 17 heteroatoms. The van der Waals surface area contributed by atoms with Crippen molar-refractivity contribution in [2.75, 3.05) is 51.0 Å². The van der Waals surface area contributed by atoms with E-state index in [1.165, 1.54) is 25.6 Å². The van der Waals surface area contributed by atoms with Crippen molar-refractivity contribution < 1.29 is 52.8 Å². The van der Waals surface area contributed by atoms with Gasteiger partial charge < -0.3 is 51.5 Å². The van der Waals surface area contributed by atoms with E-state index in [1.54, 1.807) is 0 Å². The largest absolute Gasteiger partial charge is 0.466 e. The molecular weight excluding hydrogens is 626 g/mol. The normalized spacial score (nSPS) is 13.6. The number of aliphatic hydroxyl groups is 1. The van der Waals surface area contributed by atoms with Crippen molar-refractivity contribution in [1.82, 2.24) is 16.0 Å². The highest BCUT2D eigenvalue weighted by Crippen LogP contribution is 2.20. The number of nitrogens with two attached hydrogens (primary N) is 2. The number of carbonyl (C=O) groups is 6. The Morgan fingerprint density at radius 2 is 1.48 bits per heavy atom. The van der Waals surface area contributed by atoms with Crippen molar-refractivity contribution in [2.45, 2.75) is 96.6 Å². The van der Waals surface area contributed by atoms with Gasteiger partial charge in [-0.25, -0.2) is 0 Å². The van der Waals surface area contributed by atoms with Gasteiger partial charge in [0.1, 0.15) is 12.1 Å². The third kappa shape index (κ3) is 22.5. The van der Waals surface area contributed by atoms with Crippen LogP contribution >= 0.6 is 11.8 Å². The molecular formula is C29H53N5O11S. The molecule has 3 atom stereocenters. The zero-order chi connectivity index (χ0) is 35.3. The molecule has 266 valence electrons. The average molecular weight is 680 g/mol. The summed E-state index contributed by atoms with van der Waals surface area (Å²) < 4.78 is 21.9. The van der Waals surface area contributed by atoms with Crippen LogP contribution in [0.5, 0.6) is 0 Å². The molecule has 0 saturated carbocycles. The molecule has 8 N–H and O–H groups in total. The van der Waals surface area contributed by atoms with E-state index < -0.39 is 65.7 Å². The maximum Gasteiger partial charge on any atom is 0.302 e. The van der Waals surface area contributed by atoms with Crippen LogP contribution in [-0.2, 0) is 47.7 Å². The fourth-order valence-electron chi connectivity index (χ4n) is 3.65. The Labute approximate surface area is 275 Å². The Morgan fingerprint density at radius 3 is 2.07 bits per heavy atom. The lowest BCUT2D eigenvalue weighted by molar-refractivity contribution is -0.147. The molecule has 0 aromatic carbocycles. The number of aliphatic hydroxyl groups excluding tert-OH is 1. The number of amides is 4. The Morgan fingerprint density at radius 1 is 0.848 bits per heavy atom. The third-order valence-electron chi connectivity index (χ3n) is 6.34. The summed E-state index contributed by atoms with van der Waals surface area (Å²) in [6, 6.07) is -2.23. The summed E-state index contributed by atoms with van der Waals surface area (Å²) in [7, 11) is 0. The van der Waals surface area contributed by atoms with E-state index in [9.17, 15) is 33.9 Å². The van der Waals surface area contributed by atoms with Gasteiger partial charge in [0.2, 0.25) is 23.6 Å². The van der Waals surface area contributed by atoms with E-state index in [-0.39, 0.29) is 50.8 Å². The molecule has 0 aromatic rings. The van der Waals surface area contributed by atoms with Gasteiger partial charge in [0.05, 0.1) is 50.2 Å². The van der Waals surface area contributed by atoms with Crippen LogP contribution in [0.25, 0.3) is 0 Å². The number of hydrogen-bond acceptors (Lipinski definition) is 13. The number of esters is 2. The van der Waals surface area contributed by atoms with E-state index in [2.05, 4.69) is 16.0 Å². The lowest BCUT2D eigenvalue weighted by atomic mass is 10.0. The van der Waals surface area contributed by atoms with Gasteiger partial charge in [0.25, 0.3) is 0 Å². The molecule has 0 fully saturated rings. The van der Waals surface area contributed by atoms with Crippen LogP contribution in [0.15, 0.2) is 0 Å². The zero-order valence-electron chi connectivity index (χ0n) is 27.8. The lowest BCUT2D eigenvalue weighted by Gasteiger charge is -2.30. The highest BCUT2D eigenvalue weighted by molar-refractivity contribution is 7.99. The van der Waals surface area contributed by atoms with E-state index in [0.717, 1.165) is 0 Å². The topological polar surface area (TPSA) is 248 Å². The van der Waals surface area contributed by atoms with Crippen LogP contribution in [-0.4, -0.2) is 121 Å². The minimum absolute atomic E-state index is 0.0773. The Balaban J connectivity index is 4.46. The van der Waals surface area contributed by atoms with E-state index in [1.807, 2.05) is 27.7 Å². The number of ether oxygens (including phenoxy) is 4. The van der Waals surface area contributed by atoms with Gasteiger partial charge in [-0.2, -0.15) is 11.8 Å². The van der Waals surface area contributed by atoms with Gasteiger partial charge in [0, 0.05) is 44.7 Å². The Bertz CT molecular complexity index is 997. The second kappa shape index (κ2) is 22.5. The first kappa shape index (κ1) is 43.0. The Kier molecular flexibility index (Phi) is 21.1. The average Bonchev–Trinajstić information content (AvgIpc) is 2.94. The molecule has 0 unspecified atom stereocenters. The number of thioether (sulfide) groups is 1. The van der Waals surface area contributed by atoms with Crippen LogP contribution in [0.2, 0.25) is 0 Å². The smallest absolute Gasteiger partial charge is 0.302 e. The van der Waals surface area contributed by atoms with E-state index >= 15 is 0 Å². The van der Waals surface area contributed by atoms with Crippen molar-refractivity contribution in [2.24, 2.45) is 11.5 Å². The SMILES string of the molecule is CC(=O)OCC[C@H](CSC[C@H](N)C(=O)N[C@@H](CO)C(=O)NCCOC(C)(C)CCOC(C)(C)CCC(=O)NCC(N)=O)OC(C)=O. The van der Waals surface area contributed by atoms with Crippen molar-refractivity contribution in [3.8, 4) is 0 Å². The monoisotopic (exact) mass is 679 g/mol. The van der Waals surface area contributed by atoms with Crippen LogP contribution < -0.4 is 27.4 Å². The summed E-state index contributed by atoms with van der Waals surface area (Å²) in [5, 5.41) is 17.1. The predicted molar refractivity (Wildman–Crippen MR) is 170 cm³/mol. The molecule has 16 nitrogen and oxygen atoms in total. The van der Waals surface area contributed by atoms with Gasteiger partial charge >= 0.3 is 11.9 Å². The zero-order valence-corrected chi connectivity index (χ0v) is 28.6. The quantitative estimate of drug-likeness (QED) is 0.0495. The van der Waals surface area contributed by atoms with Crippen molar-refractivity contribution in [3.63, 3.8) is 0 Å². The molecule has 0 aromatic heterocycles. The maximum absolute atomic E-state index is 12.5. The van der Waals surface area contributed by atoms with Crippen LogP contribution in [0, 0.1) is 0 Å². The van der Waals surface area contributed by atoms with Crippen LogP contribution in [0.1, 0.15) is 67.2 Å². The molecule has 0 saturated heterocycles. The summed E-state index contributed by atoms with van der Waals surface area (Å²) in [4.78, 5) is 69.9. The second-order valence-corrected chi connectivity index (χ2v) is 12.8. The van der Waals surface area contributed by atoms with Crippen molar-refractivity contribution in [3.05, 3.63) is 0 Å². The van der Waals surface area contributed by atoms with Gasteiger partial charge in [-0.1, -0.05) is 0 Å². The molecule has 0 spiro atoms. The summed E-state index contributed by atoms with van der Waals surface area (Å²) in [5.41, 5.74) is 9.79. The second-order valence-electron chi connectivity index (χ2n) is 11.7. The number of primary amides is 1. The van der Waals surface area contributed by atoms with E-state index in [4.69, 9.17) is 30.4 Å². The fraction of sp³-hybridized carbons (Fsp3) is 0.793. The molecule has 0 aliphatic carbocycles. The minimum Gasteiger partial charge on any atom is -0.466 e. The Hall–Kier alpha value is -2.99. The van der Waals surface area contributed by atoms with Gasteiger partial charge in [-0.15, -0.1) is 0 Å². The molecule has 46 heavy (non-hydrogen) atoms. The fourth-order valence-corrected chi connectivity index (χ4v) is 4.69. The van der Waals surface area contributed by atoms with Crippen LogP contribution in [0.4, 0.5) is 0 Å². The number of rotatable bonds is 25. The molecule has 0 radical (unpaired) electrons. The molecule has 0 rings (SSSR count). The van der Waals surface area contributed by atoms with Gasteiger partial charge in [-0.05, 0) is 40.5 Å². The standard InChI is InChI=1S/C29H53N5O11S/c1-19(36)42-12-8-21(45-20(2)37)17-46-18-22(30)26(40)34-23(16-35)27(41)32-11-14-44-29(5,6)10-13-43-28(3,4)9-7-25(39)33-15-24(31)38/h21-23,35H,7-18,30H2,1-6H3,(H2,31,38)(H,32,41)(H,33,39)(H,34,40)/t21-,22+,23+/m1/s1. The first-order chi connectivity index (χ1) is 21.4. The molecule has 4 amide bonds. The lowest BCUT2D eigenvalue weighted by Crippen LogP contribution is -2.54. The highest BCUT2D eigenvalue weighted by atomic mass is 32.2. The minimum atomic E-state index is -1.22. The molecule has 0 aliphatic heterocycles. The number of hydrogen-bond donors (Lipinski definition) is 6. The first-order valence-corrected chi connectivity index (χ1v) is 16.2.